The van der Waals surface area contributed by atoms with Crippen molar-refractivity contribution >= 4 is 17.7 Å². The second-order valence-electron chi connectivity index (χ2n) is 14.5. The van der Waals surface area contributed by atoms with Crippen LogP contribution in [0.5, 0.6) is 0 Å². The highest BCUT2D eigenvalue weighted by molar-refractivity contribution is 5.99. The molecule has 5 rings (SSSR count). The molecule has 2 heterocycles. The SMILES string of the molecule is Cc1ccccc1.Cc1nc(CN(C)C(=O)c2cccc(C(=O)NCCCN3C[C@H]4CCCC[C@H]4C[C@H]3C(=O)NC(C)(C)C)c2)c(C)o1. The van der Waals surface area contributed by atoms with Crippen LogP contribution in [0.15, 0.2) is 59.0 Å². The van der Waals surface area contributed by atoms with Crippen LogP contribution in [0.3, 0.4) is 0 Å². The molecular formula is C39H55N5O4. The summed E-state index contributed by atoms with van der Waals surface area (Å²) in [6, 6.07) is 16.9. The van der Waals surface area contributed by atoms with Gasteiger partial charge in [-0.1, -0.05) is 61.2 Å². The molecule has 0 unspecified atom stereocenters. The van der Waals surface area contributed by atoms with E-state index in [0.717, 1.165) is 31.6 Å². The number of nitrogens with one attached hydrogen (secondary N) is 2. The summed E-state index contributed by atoms with van der Waals surface area (Å²) in [4.78, 5) is 47.5. The Bertz CT molecular complexity index is 1510. The number of nitrogens with zero attached hydrogens (tertiary/aromatic N) is 3. The van der Waals surface area contributed by atoms with Crippen molar-refractivity contribution in [2.45, 2.75) is 98.2 Å². The minimum Gasteiger partial charge on any atom is -0.446 e. The number of rotatable bonds is 9. The Labute approximate surface area is 286 Å². The molecule has 1 saturated carbocycles. The molecular weight excluding hydrogens is 602 g/mol. The molecule has 0 bridgehead atoms. The summed E-state index contributed by atoms with van der Waals surface area (Å²) in [5.74, 6) is 2.27. The van der Waals surface area contributed by atoms with Crippen molar-refractivity contribution in [3.63, 3.8) is 0 Å². The number of piperidine rings is 1. The van der Waals surface area contributed by atoms with Crippen LogP contribution in [-0.4, -0.2) is 70.8 Å². The van der Waals surface area contributed by atoms with Gasteiger partial charge in [0.25, 0.3) is 11.8 Å². The van der Waals surface area contributed by atoms with Gasteiger partial charge in [-0.05, 0) is 83.9 Å². The standard InChI is InChI=1S/C32H47N5O4.C7H8/c1-21-27(34-22(2)41-21)20-36(6)31(40)25-14-9-13-24(17-25)29(38)33-15-10-16-37-19-26-12-8-7-11-23(26)18-28(37)30(39)35-32(3,4)5;1-7-5-3-2-4-6-7/h9,13-14,17,23,26,28H,7-8,10-12,15-16,18-20H2,1-6H3,(H,33,38)(H,35,39);2-6H,1H3/t23-,26+,28-;/m0./s1. The van der Waals surface area contributed by atoms with Gasteiger partial charge in [0.05, 0.1) is 12.6 Å². The molecule has 3 atom stereocenters. The molecule has 1 aromatic heterocycles. The summed E-state index contributed by atoms with van der Waals surface area (Å²) in [7, 11) is 1.71. The van der Waals surface area contributed by atoms with Gasteiger partial charge in [-0.3, -0.25) is 19.3 Å². The molecule has 0 spiro atoms. The maximum atomic E-state index is 13.2. The van der Waals surface area contributed by atoms with Crippen molar-refractivity contribution < 1.29 is 18.8 Å². The highest BCUT2D eigenvalue weighted by atomic mass is 16.4. The summed E-state index contributed by atoms with van der Waals surface area (Å²) in [5, 5.41) is 6.20. The first-order valence-corrected chi connectivity index (χ1v) is 17.4. The first kappa shape index (κ1) is 36.8. The third-order valence-electron chi connectivity index (χ3n) is 9.26. The van der Waals surface area contributed by atoms with Gasteiger partial charge in [0.2, 0.25) is 5.91 Å². The fraction of sp³-hybridized carbons (Fsp3) is 0.538. The van der Waals surface area contributed by atoms with Crippen molar-refractivity contribution in [1.29, 1.82) is 0 Å². The van der Waals surface area contributed by atoms with E-state index in [9.17, 15) is 14.4 Å². The van der Waals surface area contributed by atoms with E-state index in [1.807, 2.05) is 45.9 Å². The lowest BCUT2D eigenvalue weighted by molar-refractivity contribution is -0.131. The molecule has 48 heavy (non-hydrogen) atoms. The van der Waals surface area contributed by atoms with E-state index in [-0.39, 0.29) is 29.3 Å². The van der Waals surface area contributed by atoms with Gasteiger partial charge < -0.3 is 20.0 Å². The Balaban J connectivity index is 0.000000659. The number of aromatic nitrogens is 1. The predicted octanol–water partition coefficient (Wildman–Crippen LogP) is 6.47. The number of carbonyl (C=O) groups is 3. The van der Waals surface area contributed by atoms with Gasteiger partial charge in [-0.2, -0.15) is 0 Å². The van der Waals surface area contributed by atoms with Crippen molar-refractivity contribution in [2.75, 3.05) is 26.7 Å². The highest BCUT2D eigenvalue weighted by Gasteiger charge is 2.40. The van der Waals surface area contributed by atoms with E-state index >= 15 is 0 Å². The minimum absolute atomic E-state index is 0.117. The molecule has 2 aliphatic rings. The molecule has 3 amide bonds. The van der Waals surface area contributed by atoms with Crippen LogP contribution in [0, 0.1) is 32.6 Å². The number of fused-ring (bicyclic) bond motifs is 1. The Morgan fingerprint density at radius 2 is 1.65 bits per heavy atom. The Morgan fingerprint density at radius 3 is 2.27 bits per heavy atom. The first-order valence-electron chi connectivity index (χ1n) is 17.4. The number of benzene rings is 2. The zero-order chi connectivity index (χ0) is 34.8. The largest absolute Gasteiger partial charge is 0.446 e. The second-order valence-corrected chi connectivity index (χ2v) is 14.5. The predicted molar refractivity (Wildman–Crippen MR) is 190 cm³/mol. The average molecular weight is 658 g/mol. The maximum Gasteiger partial charge on any atom is 0.253 e. The Kier molecular flexibility index (Phi) is 13.0. The van der Waals surface area contributed by atoms with Crippen LogP contribution in [0.2, 0.25) is 0 Å². The van der Waals surface area contributed by atoms with Gasteiger partial charge in [-0.15, -0.1) is 0 Å². The lowest BCUT2D eigenvalue weighted by atomic mass is 9.72. The van der Waals surface area contributed by atoms with Crippen LogP contribution >= 0.6 is 0 Å². The molecule has 2 aromatic carbocycles. The van der Waals surface area contributed by atoms with Gasteiger partial charge in [0, 0.05) is 50.3 Å². The number of hydrogen-bond donors (Lipinski definition) is 2. The normalized spacial score (nSPS) is 19.4. The molecule has 1 saturated heterocycles. The van der Waals surface area contributed by atoms with E-state index in [1.165, 1.54) is 31.2 Å². The zero-order valence-corrected chi connectivity index (χ0v) is 30.0. The number of oxazole rings is 1. The van der Waals surface area contributed by atoms with Crippen LogP contribution < -0.4 is 10.6 Å². The average Bonchev–Trinajstić information content (AvgIpc) is 3.37. The Hall–Kier alpha value is -3.98. The topological polar surface area (TPSA) is 108 Å². The molecule has 0 radical (unpaired) electrons. The van der Waals surface area contributed by atoms with E-state index in [1.54, 1.807) is 43.1 Å². The van der Waals surface area contributed by atoms with Crippen LogP contribution in [-0.2, 0) is 11.3 Å². The summed E-state index contributed by atoms with van der Waals surface area (Å²) in [6.45, 7) is 14.3. The number of amides is 3. The van der Waals surface area contributed by atoms with Gasteiger partial charge >= 0.3 is 0 Å². The molecule has 1 aliphatic carbocycles. The summed E-state index contributed by atoms with van der Waals surface area (Å²) in [6.07, 6.45) is 6.69. The third kappa shape index (κ3) is 10.8. The van der Waals surface area contributed by atoms with Crippen LogP contribution in [0.25, 0.3) is 0 Å². The Morgan fingerprint density at radius 1 is 0.958 bits per heavy atom. The second kappa shape index (κ2) is 16.9. The zero-order valence-electron chi connectivity index (χ0n) is 30.0. The van der Waals surface area contributed by atoms with Crippen molar-refractivity contribution in [2.24, 2.45) is 11.8 Å². The molecule has 3 aromatic rings. The highest BCUT2D eigenvalue weighted by Crippen LogP contribution is 2.38. The minimum atomic E-state index is -0.265. The van der Waals surface area contributed by atoms with E-state index in [4.69, 9.17) is 4.42 Å². The first-order chi connectivity index (χ1) is 22.8. The maximum absolute atomic E-state index is 13.2. The molecule has 260 valence electrons. The fourth-order valence-electron chi connectivity index (χ4n) is 6.82. The monoisotopic (exact) mass is 657 g/mol. The molecule has 2 N–H and O–H groups in total. The summed E-state index contributed by atoms with van der Waals surface area (Å²) in [5.41, 5.74) is 2.67. The van der Waals surface area contributed by atoms with Crippen LogP contribution in [0.1, 0.15) is 103 Å². The van der Waals surface area contributed by atoms with Crippen LogP contribution in [0.4, 0.5) is 0 Å². The number of aryl methyl sites for hydroxylation is 3. The summed E-state index contributed by atoms with van der Waals surface area (Å²) < 4.78 is 5.47. The summed E-state index contributed by atoms with van der Waals surface area (Å²) >= 11 is 0. The lowest BCUT2D eigenvalue weighted by Crippen LogP contribution is -2.57. The van der Waals surface area contributed by atoms with Gasteiger partial charge in [0.15, 0.2) is 5.89 Å². The molecule has 1 aliphatic heterocycles. The van der Waals surface area contributed by atoms with Crippen molar-refractivity contribution in [3.8, 4) is 0 Å². The molecule has 9 nitrogen and oxygen atoms in total. The smallest absolute Gasteiger partial charge is 0.253 e. The van der Waals surface area contributed by atoms with Gasteiger partial charge in [-0.25, -0.2) is 4.98 Å². The van der Waals surface area contributed by atoms with E-state index in [2.05, 4.69) is 39.6 Å². The quantitative estimate of drug-likeness (QED) is 0.255. The van der Waals surface area contributed by atoms with Crippen molar-refractivity contribution in [1.82, 2.24) is 25.4 Å². The molecule has 2 fully saturated rings. The van der Waals surface area contributed by atoms with Gasteiger partial charge in [0.1, 0.15) is 11.5 Å². The third-order valence-corrected chi connectivity index (χ3v) is 9.26. The number of carbonyl (C=O) groups excluding carboxylic acids is 3. The van der Waals surface area contributed by atoms with E-state index < -0.39 is 0 Å². The lowest BCUT2D eigenvalue weighted by Gasteiger charge is -2.46. The number of likely N-dealkylation sites (tertiary alicyclic amines) is 1. The van der Waals surface area contributed by atoms with Crippen molar-refractivity contribution in [3.05, 3.63) is 88.6 Å². The molecule has 9 heteroatoms. The number of hydrogen-bond acceptors (Lipinski definition) is 6. The van der Waals surface area contributed by atoms with E-state index in [0.29, 0.717) is 47.7 Å². The fourth-order valence-corrected chi connectivity index (χ4v) is 6.82.